The number of hydrogen-bond donors (Lipinski definition) is 0. The Hall–Kier alpha value is -0.570. The lowest BCUT2D eigenvalue weighted by Crippen LogP contribution is -2.31. The first-order chi connectivity index (χ1) is 6.33. The van der Waals surface area contributed by atoms with E-state index >= 15 is 0 Å². The fourth-order valence-electron chi connectivity index (χ4n) is 2.61. The predicted molar refractivity (Wildman–Crippen MR) is 49.3 cm³/mol. The van der Waals surface area contributed by atoms with Gasteiger partial charge in [-0.2, -0.15) is 0 Å². The van der Waals surface area contributed by atoms with Crippen molar-refractivity contribution in [2.24, 2.45) is 5.92 Å². The third-order valence-corrected chi connectivity index (χ3v) is 3.20. The van der Waals surface area contributed by atoms with E-state index in [-0.39, 0.29) is 11.9 Å². The van der Waals surface area contributed by atoms with Crippen LogP contribution in [0.25, 0.3) is 0 Å². The predicted octanol–water partition coefficient (Wildman–Crippen LogP) is 1.03. The summed E-state index contributed by atoms with van der Waals surface area (Å²) in [5.41, 5.74) is 0. The highest BCUT2D eigenvalue weighted by Gasteiger charge is 2.41. The minimum Gasteiger partial charge on any atom is -0.466 e. The van der Waals surface area contributed by atoms with Crippen LogP contribution in [0.4, 0.5) is 0 Å². The largest absolute Gasteiger partial charge is 0.466 e. The molecule has 0 bridgehead atoms. The summed E-state index contributed by atoms with van der Waals surface area (Å²) in [6.45, 7) is 4.66. The zero-order valence-corrected chi connectivity index (χ0v) is 8.16. The molecule has 0 aromatic heterocycles. The monoisotopic (exact) mass is 183 g/mol. The summed E-state index contributed by atoms with van der Waals surface area (Å²) >= 11 is 0. The van der Waals surface area contributed by atoms with Crippen molar-refractivity contribution in [1.82, 2.24) is 4.90 Å². The van der Waals surface area contributed by atoms with E-state index in [1.165, 1.54) is 19.4 Å². The minimum absolute atomic E-state index is 0.0249. The van der Waals surface area contributed by atoms with Gasteiger partial charge in [-0.05, 0) is 39.3 Å². The molecular weight excluding hydrogens is 166 g/mol. The summed E-state index contributed by atoms with van der Waals surface area (Å²) in [4.78, 5) is 14.0. The first-order valence-corrected chi connectivity index (χ1v) is 5.23. The number of carbonyl (C=O) groups excluding carboxylic acids is 1. The molecule has 0 aliphatic carbocycles. The molecule has 0 aromatic carbocycles. The zero-order valence-electron chi connectivity index (χ0n) is 8.16. The van der Waals surface area contributed by atoms with Gasteiger partial charge < -0.3 is 4.74 Å². The molecule has 0 unspecified atom stereocenters. The molecule has 0 N–H and O–H groups in total. The van der Waals surface area contributed by atoms with Gasteiger partial charge in [0.2, 0.25) is 0 Å². The molecule has 0 spiro atoms. The van der Waals surface area contributed by atoms with E-state index in [9.17, 15) is 4.79 Å². The maximum atomic E-state index is 11.5. The highest BCUT2D eigenvalue weighted by molar-refractivity contribution is 5.73. The smallest absolute Gasteiger partial charge is 0.310 e. The van der Waals surface area contributed by atoms with Crippen molar-refractivity contribution in [1.29, 1.82) is 0 Å². The van der Waals surface area contributed by atoms with Crippen LogP contribution in [0.3, 0.4) is 0 Å². The van der Waals surface area contributed by atoms with Crippen molar-refractivity contribution in [2.45, 2.75) is 32.2 Å². The van der Waals surface area contributed by atoms with Crippen molar-refractivity contribution in [3.8, 4) is 0 Å². The van der Waals surface area contributed by atoms with Crippen LogP contribution >= 0.6 is 0 Å². The summed E-state index contributed by atoms with van der Waals surface area (Å²) in [6.07, 6.45) is 3.44. The van der Waals surface area contributed by atoms with Crippen LogP contribution in [-0.4, -0.2) is 36.6 Å². The van der Waals surface area contributed by atoms with Crippen LogP contribution < -0.4 is 0 Å². The minimum atomic E-state index is 0.0249. The molecule has 2 fully saturated rings. The summed E-state index contributed by atoms with van der Waals surface area (Å²) in [5, 5.41) is 0. The van der Waals surface area contributed by atoms with Gasteiger partial charge in [0.05, 0.1) is 12.5 Å². The van der Waals surface area contributed by atoms with E-state index in [1.54, 1.807) is 0 Å². The molecule has 2 aliphatic heterocycles. The summed E-state index contributed by atoms with van der Waals surface area (Å²) < 4.78 is 5.07. The Morgan fingerprint density at radius 1 is 1.46 bits per heavy atom. The highest BCUT2D eigenvalue weighted by atomic mass is 16.5. The van der Waals surface area contributed by atoms with Crippen LogP contribution in [-0.2, 0) is 9.53 Å². The van der Waals surface area contributed by atoms with Gasteiger partial charge in [-0.3, -0.25) is 9.69 Å². The molecule has 2 saturated heterocycles. The zero-order chi connectivity index (χ0) is 9.26. The fraction of sp³-hybridized carbons (Fsp3) is 0.900. The Bertz CT molecular complexity index is 205. The molecule has 2 heterocycles. The number of esters is 1. The summed E-state index contributed by atoms with van der Waals surface area (Å²) in [6, 6.07) is 0.499. The number of rotatable bonds is 2. The molecule has 0 radical (unpaired) electrons. The van der Waals surface area contributed by atoms with Crippen molar-refractivity contribution in [2.75, 3.05) is 19.7 Å². The molecule has 0 aromatic rings. The first-order valence-electron chi connectivity index (χ1n) is 5.23. The highest BCUT2D eigenvalue weighted by Crippen LogP contribution is 2.33. The molecule has 3 heteroatoms. The van der Waals surface area contributed by atoms with E-state index in [4.69, 9.17) is 4.74 Å². The van der Waals surface area contributed by atoms with E-state index in [0.29, 0.717) is 12.6 Å². The van der Waals surface area contributed by atoms with Gasteiger partial charge in [0.1, 0.15) is 0 Å². The third-order valence-electron chi connectivity index (χ3n) is 3.20. The third kappa shape index (κ3) is 1.57. The van der Waals surface area contributed by atoms with Crippen LogP contribution in [0.2, 0.25) is 0 Å². The second-order valence-corrected chi connectivity index (χ2v) is 3.89. The molecule has 0 amide bonds. The lowest BCUT2D eigenvalue weighted by atomic mass is 9.99. The topological polar surface area (TPSA) is 29.5 Å². The SMILES string of the molecule is CCOC(=O)[C@@H]1CCN2CCC[C@@H]12. The van der Waals surface area contributed by atoms with Gasteiger partial charge in [0.15, 0.2) is 0 Å². The van der Waals surface area contributed by atoms with Gasteiger partial charge in [0.25, 0.3) is 0 Å². The van der Waals surface area contributed by atoms with E-state index in [0.717, 1.165) is 13.0 Å². The average Bonchev–Trinajstić information content (AvgIpc) is 2.62. The molecule has 2 rings (SSSR count). The summed E-state index contributed by atoms with van der Waals surface area (Å²) in [7, 11) is 0. The number of carbonyl (C=O) groups is 1. The van der Waals surface area contributed by atoms with Crippen molar-refractivity contribution in [3.63, 3.8) is 0 Å². The summed E-state index contributed by atoms with van der Waals surface area (Å²) in [5.74, 6) is 0.194. The van der Waals surface area contributed by atoms with Crippen molar-refractivity contribution >= 4 is 5.97 Å². The molecule has 3 nitrogen and oxygen atoms in total. The number of fused-ring (bicyclic) bond motifs is 1. The average molecular weight is 183 g/mol. The van der Waals surface area contributed by atoms with Crippen LogP contribution in [0.1, 0.15) is 26.2 Å². The standard InChI is InChI=1S/C10H17NO2/c1-2-13-10(12)8-5-7-11-6-3-4-9(8)11/h8-9H,2-7H2,1H3/t8-,9+/m1/s1. The van der Waals surface area contributed by atoms with Gasteiger partial charge in [-0.15, -0.1) is 0 Å². The molecule has 13 heavy (non-hydrogen) atoms. The van der Waals surface area contributed by atoms with E-state index in [2.05, 4.69) is 4.90 Å². The van der Waals surface area contributed by atoms with Crippen molar-refractivity contribution in [3.05, 3.63) is 0 Å². The number of ether oxygens (including phenoxy) is 1. The lowest BCUT2D eigenvalue weighted by molar-refractivity contribution is -0.148. The van der Waals surface area contributed by atoms with Crippen LogP contribution in [0, 0.1) is 5.92 Å². The van der Waals surface area contributed by atoms with Crippen LogP contribution in [0.5, 0.6) is 0 Å². The maximum Gasteiger partial charge on any atom is 0.310 e. The molecule has 0 saturated carbocycles. The molecule has 74 valence electrons. The lowest BCUT2D eigenvalue weighted by Gasteiger charge is -2.18. The fourth-order valence-corrected chi connectivity index (χ4v) is 2.61. The normalized spacial score (nSPS) is 33.3. The van der Waals surface area contributed by atoms with E-state index < -0.39 is 0 Å². The van der Waals surface area contributed by atoms with Gasteiger partial charge >= 0.3 is 5.97 Å². The second kappa shape index (κ2) is 3.66. The Morgan fingerprint density at radius 2 is 2.31 bits per heavy atom. The maximum absolute atomic E-state index is 11.5. The Labute approximate surface area is 79.0 Å². The molecular formula is C10H17NO2. The Balaban J connectivity index is 1.96. The quantitative estimate of drug-likeness (QED) is 0.599. The molecule has 2 aliphatic rings. The van der Waals surface area contributed by atoms with E-state index in [1.807, 2.05) is 6.92 Å². The Kier molecular flexibility index (Phi) is 2.54. The van der Waals surface area contributed by atoms with Crippen LogP contribution in [0.15, 0.2) is 0 Å². The Morgan fingerprint density at radius 3 is 3.08 bits per heavy atom. The van der Waals surface area contributed by atoms with Crippen molar-refractivity contribution < 1.29 is 9.53 Å². The van der Waals surface area contributed by atoms with Gasteiger partial charge in [0, 0.05) is 6.04 Å². The van der Waals surface area contributed by atoms with Gasteiger partial charge in [-0.25, -0.2) is 0 Å². The number of hydrogen-bond acceptors (Lipinski definition) is 3. The second-order valence-electron chi connectivity index (χ2n) is 3.89. The first kappa shape index (κ1) is 9.00. The number of nitrogens with zero attached hydrogens (tertiary/aromatic N) is 1. The molecule has 2 atom stereocenters. The van der Waals surface area contributed by atoms with Gasteiger partial charge in [-0.1, -0.05) is 0 Å².